The number of rotatable bonds is 4. The summed E-state index contributed by atoms with van der Waals surface area (Å²) in [6.07, 6.45) is 1.64. The van der Waals surface area contributed by atoms with Gasteiger partial charge in [-0.05, 0) is 25.1 Å². The van der Waals surface area contributed by atoms with Gasteiger partial charge in [0.2, 0.25) is 0 Å². The molecule has 1 N–H and O–H groups in total. The van der Waals surface area contributed by atoms with E-state index in [4.69, 9.17) is 11.6 Å². The first kappa shape index (κ1) is 13.2. The Morgan fingerprint density at radius 2 is 2.21 bits per heavy atom. The summed E-state index contributed by atoms with van der Waals surface area (Å²) in [4.78, 5) is 18.6. The van der Waals surface area contributed by atoms with Gasteiger partial charge in [-0.1, -0.05) is 11.6 Å². The average molecular weight is 279 g/mol. The highest BCUT2D eigenvalue weighted by atomic mass is 35.5. The molecular formula is C12H11ClN4O2. The fourth-order valence-electron chi connectivity index (χ4n) is 1.60. The molecule has 1 aromatic heterocycles. The van der Waals surface area contributed by atoms with Crippen LogP contribution >= 0.6 is 11.6 Å². The molecule has 0 aliphatic heterocycles. The Bertz CT molecular complexity index is 618. The Hall–Kier alpha value is -2.21. The number of anilines is 1. The number of aryl methyl sites for hydroxylation is 1. The zero-order valence-corrected chi connectivity index (χ0v) is 10.9. The molecule has 0 unspecified atom stereocenters. The molecule has 0 radical (unpaired) electrons. The predicted octanol–water partition coefficient (Wildman–Crippen LogP) is 2.96. The Balaban J connectivity index is 2.19. The van der Waals surface area contributed by atoms with Crippen LogP contribution in [0.25, 0.3) is 0 Å². The van der Waals surface area contributed by atoms with Crippen molar-refractivity contribution in [2.75, 3.05) is 5.32 Å². The topological polar surface area (TPSA) is 81.0 Å². The average Bonchev–Trinajstić information content (AvgIpc) is 2.36. The van der Waals surface area contributed by atoms with Gasteiger partial charge >= 0.3 is 0 Å². The van der Waals surface area contributed by atoms with E-state index >= 15 is 0 Å². The molecule has 98 valence electrons. The third-order valence-corrected chi connectivity index (χ3v) is 2.68. The number of nitro benzene ring substituents is 1. The van der Waals surface area contributed by atoms with Crippen molar-refractivity contribution in [1.29, 1.82) is 0 Å². The monoisotopic (exact) mass is 278 g/mol. The van der Waals surface area contributed by atoms with Crippen LogP contribution < -0.4 is 5.32 Å². The second kappa shape index (κ2) is 5.62. The molecule has 2 rings (SSSR count). The Kier molecular flexibility index (Phi) is 3.91. The highest BCUT2D eigenvalue weighted by molar-refractivity contribution is 6.31. The molecule has 0 aliphatic rings. The summed E-state index contributed by atoms with van der Waals surface area (Å²) in [7, 11) is 0. The van der Waals surface area contributed by atoms with E-state index < -0.39 is 4.92 Å². The van der Waals surface area contributed by atoms with E-state index in [0.29, 0.717) is 23.1 Å². The van der Waals surface area contributed by atoms with E-state index in [9.17, 15) is 10.1 Å². The van der Waals surface area contributed by atoms with Crippen LogP contribution in [-0.2, 0) is 6.54 Å². The molecule has 0 atom stereocenters. The van der Waals surface area contributed by atoms with Crippen LogP contribution in [0.15, 0.2) is 30.5 Å². The maximum Gasteiger partial charge on any atom is 0.292 e. The van der Waals surface area contributed by atoms with Crippen LogP contribution in [0, 0.1) is 17.0 Å². The second-order valence-electron chi connectivity index (χ2n) is 3.87. The number of halogens is 1. The molecule has 7 heteroatoms. The number of nitrogens with one attached hydrogen (secondary N) is 1. The van der Waals surface area contributed by atoms with E-state index in [0.717, 1.165) is 5.69 Å². The highest BCUT2D eigenvalue weighted by Gasteiger charge is 2.13. The van der Waals surface area contributed by atoms with Crippen LogP contribution in [0.2, 0.25) is 5.02 Å². The SMILES string of the molecule is Cc1nccc(CNc2cc(Cl)ccc2[N+](=O)[O-])n1. The first-order valence-electron chi connectivity index (χ1n) is 5.52. The number of nitrogens with zero attached hydrogens (tertiary/aromatic N) is 3. The lowest BCUT2D eigenvalue weighted by molar-refractivity contribution is -0.384. The van der Waals surface area contributed by atoms with Gasteiger partial charge in [0.1, 0.15) is 11.5 Å². The normalized spacial score (nSPS) is 10.2. The largest absolute Gasteiger partial charge is 0.374 e. The molecule has 0 saturated carbocycles. The summed E-state index contributed by atoms with van der Waals surface area (Å²) in [6.45, 7) is 2.15. The summed E-state index contributed by atoms with van der Waals surface area (Å²) in [5, 5.41) is 14.3. The minimum Gasteiger partial charge on any atom is -0.374 e. The van der Waals surface area contributed by atoms with Crippen LogP contribution in [0.4, 0.5) is 11.4 Å². The number of hydrogen-bond acceptors (Lipinski definition) is 5. The molecule has 6 nitrogen and oxygen atoms in total. The molecule has 0 aliphatic carbocycles. The Morgan fingerprint density at radius 1 is 1.42 bits per heavy atom. The zero-order valence-electron chi connectivity index (χ0n) is 10.1. The van der Waals surface area contributed by atoms with E-state index in [1.807, 2.05) is 0 Å². The van der Waals surface area contributed by atoms with E-state index in [2.05, 4.69) is 15.3 Å². The summed E-state index contributed by atoms with van der Waals surface area (Å²) < 4.78 is 0. The first-order chi connectivity index (χ1) is 9.06. The lowest BCUT2D eigenvalue weighted by Crippen LogP contribution is -2.05. The number of nitro groups is 1. The molecule has 19 heavy (non-hydrogen) atoms. The van der Waals surface area contributed by atoms with Crippen molar-refractivity contribution >= 4 is 23.0 Å². The van der Waals surface area contributed by atoms with Crippen LogP contribution in [0.1, 0.15) is 11.5 Å². The van der Waals surface area contributed by atoms with Crippen LogP contribution in [0.5, 0.6) is 0 Å². The predicted molar refractivity (Wildman–Crippen MR) is 72.2 cm³/mol. The Morgan fingerprint density at radius 3 is 2.89 bits per heavy atom. The molecule has 1 aromatic carbocycles. The van der Waals surface area contributed by atoms with Crippen molar-refractivity contribution in [2.24, 2.45) is 0 Å². The molecule has 2 aromatic rings. The van der Waals surface area contributed by atoms with Crippen LogP contribution in [-0.4, -0.2) is 14.9 Å². The molecule has 0 bridgehead atoms. The molecule has 0 spiro atoms. The van der Waals surface area contributed by atoms with Gasteiger partial charge in [-0.3, -0.25) is 10.1 Å². The first-order valence-corrected chi connectivity index (χ1v) is 5.90. The maximum absolute atomic E-state index is 10.9. The number of hydrogen-bond donors (Lipinski definition) is 1. The van der Waals surface area contributed by atoms with Gasteiger partial charge in [0.15, 0.2) is 0 Å². The lowest BCUT2D eigenvalue weighted by atomic mass is 10.2. The quantitative estimate of drug-likeness (QED) is 0.687. The van der Waals surface area contributed by atoms with Crippen molar-refractivity contribution in [1.82, 2.24) is 9.97 Å². The minimum atomic E-state index is -0.454. The van der Waals surface area contributed by atoms with Gasteiger partial charge in [-0.15, -0.1) is 0 Å². The zero-order chi connectivity index (χ0) is 13.8. The van der Waals surface area contributed by atoms with E-state index in [1.54, 1.807) is 19.2 Å². The van der Waals surface area contributed by atoms with Crippen LogP contribution in [0.3, 0.4) is 0 Å². The van der Waals surface area contributed by atoms with Crippen molar-refractivity contribution in [3.8, 4) is 0 Å². The van der Waals surface area contributed by atoms with Crippen molar-refractivity contribution < 1.29 is 4.92 Å². The molecule has 0 saturated heterocycles. The van der Waals surface area contributed by atoms with Gasteiger partial charge in [-0.2, -0.15) is 0 Å². The second-order valence-corrected chi connectivity index (χ2v) is 4.30. The smallest absolute Gasteiger partial charge is 0.292 e. The van der Waals surface area contributed by atoms with Crippen molar-refractivity contribution in [3.63, 3.8) is 0 Å². The molecule has 1 heterocycles. The third-order valence-electron chi connectivity index (χ3n) is 2.45. The minimum absolute atomic E-state index is 0.0184. The van der Waals surface area contributed by atoms with Gasteiger partial charge < -0.3 is 5.32 Å². The number of aromatic nitrogens is 2. The summed E-state index contributed by atoms with van der Waals surface area (Å²) in [5.74, 6) is 0.653. The highest BCUT2D eigenvalue weighted by Crippen LogP contribution is 2.27. The summed E-state index contributed by atoms with van der Waals surface area (Å²) in [6, 6.07) is 6.12. The maximum atomic E-state index is 10.9. The van der Waals surface area contributed by atoms with Crippen molar-refractivity contribution in [2.45, 2.75) is 13.5 Å². The van der Waals surface area contributed by atoms with E-state index in [1.165, 1.54) is 18.2 Å². The summed E-state index contributed by atoms with van der Waals surface area (Å²) in [5.41, 5.74) is 1.10. The fourth-order valence-corrected chi connectivity index (χ4v) is 1.77. The Labute approximate surface area is 114 Å². The van der Waals surface area contributed by atoms with Gasteiger partial charge in [0, 0.05) is 17.3 Å². The number of benzene rings is 1. The molecule has 0 amide bonds. The standard InChI is InChI=1S/C12H11ClN4O2/c1-8-14-5-4-10(16-8)7-15-11-6-9(13)2-3-12(11)17(18)19/h2-6,15H,7H2,1H3. The fraction of sp³-hybridized carbons (Fsp3) is 0.167. The molecule has 0 fully saturated rings. The van der Waals surface area contributed by atoms with E-state index in [-0.39, 0.29) is 5.69 Å². The summed E-state index contributed by atoms with van der Waals surface area (Å²) >= 11 is 5.84. The lowest BCUT2D eigenvalue weighted by Gasteiger charge is -2.07. The van der Waals surface area contributed by atoms with Crippen molar-refractivity contribution in [3.05, 3.63) is 57.1 Å². The van der Waals surface area contributed by atoms with Gasteiger partial charge in [0.05, 0.1) is 17.2 Å². The third kappa shape index (κ3) is 3.38. The van der Waals surface area contributed by atoms with Gasteiger partial charge in [0.25, 0.3) is 5.69 Å². The molecular weight excluding hydrogens is 268 g/mol. The van der Waals surface area contributed by atoms with Gasteiger partial charge in [-0.25, -0.2) is 9.97 Å².